The summed E-state index contributed by atoms with van der Waals surface area (Å²) < 4.78 is 12.3. The maximum absolute atomic E-state index is 12.6. The Morgan fingerprint density at radius 2 is 1.39 bits per heavy atom. The van der Waals surface area contributed by atoms with Crippen molar-refractivity contribution in [3.8, 4) is 17.2 Å². The fourth-order valence-electron chi connectivity index (χ4n) is 3.19. The number of carbonyl (C=O) groups excluding carboxylic acids is 2. The van der Waals surface area contributed by atoms with Crippen molar-refractivity contribution in [1.82, 2.24) is 5.32 Å². The molecule has 0 spiro atoms. The first kappa shape index (κ1) is 25.3. The summed E-state index contributed by atoms with van der Waals surface area (Å²) in [7, 11) is 0. The van der Waals surface area contributed by atoms with Crippen molar-refractivity contribution < 1.29 is 19.1 Å². The van der Waals surface area contributed by atoms with Gasteiger partial charge in [0, 0.05) is 27.3 Å². The highest BCUT2D eigenvalue weighted by Gasteiger charge is 2.09. The minimum atomic E-state index is -0.274. The first-order chi connectivity index (χ1) is 17.5. The number of amides is 2. The third-order valence-electron chi connectivity index (χ3n) is 5.08. The molecule has 0 fully saturated rings. The molecule has 2 amide bonds. The van der Waals surface area contributed by atoms with Crippen LogP contribution < -0.4 is 20.1 Å². The van der Waals surface area contributed by atoms with E-state index in [1.165, 1.54) is 0 Å². The van der Waals surface area contributed by atoms with E-state index in [1.807, 2.05) is 42.5 Å². The quantitative estimate of drug-likeness (QED) is 0.233. The Kier molecular flexibility index (Phi) is 8.60. The van der Waals surface area contributed by atoms with E-state index in [1.54, 1.807) is 54.6 Å². The average Bonchev–Trinajstić information content (AvgIpc) is 2.90. The van der Waals surface area contributed by atoms with Crippen LogP contribution in [0.3, 0.4) is 0 Å². The van der Waals surface area contributed by atoms with Gasteiger partial charge in [0.05, 0.1) is 0 Å². The maximum Gasteiger partial charge on any atom is 0.258 e. The topological polar surface area (TPSA) is 76.7 Å². The van der Waals surface area contributed by atoms with E-state index in [9.17, 15) is 9.59 Å². The van der Waals surface area contributed by atoms with Gasteiger partial charge >= 0.3 is 0 Å². The zero-order chi connectivity index (χ0) is 25.3. The molecule has 36 heavy (non-hydrogen) atoms. The predicted octanol–water partition coefficient (Wildman–Crippen LogP) is 6.84. The van der Waals surface area contributed by atoms with Gasteiger partial charge < -0.3 is 20.1 Å². The Hall–Kier alpha value is -3.81. The van der Waals surface area contributed by atoms with Crippen LogP contribution in [0.4, 0.5) is 5.69 Å². The van der Waals surface area contributed by atoms with Gasteiger partial charge in [0.15, 0.2) is 6.61 Å². The van der Waals surface area contributed by atoms with E-state index < -0.39 is 0 Å². The molecule has 0 radical (unpaired) electrons. The molecule has 0 aliphatic rings. The summed E-state index contributed by atoms with van der Waals surface area (Å²) in [6.45, 7) is 0.170. The molecule has 0 unspecified atom stereocenters. The third kappa shape index (κ3) is 7.34. The molecule has 2 N–H and O–H groups in total. The molecule has 0 aromatic heterocycles. The van der Waals surface area contributed by atoms with E-state index in [0.29, 0.717) is 34.3 Å². The zero-order valence-electron chi connectivity index (χ0n) is 19.0. The van der Waals surface area contributed by atoms with Gasteiger partial charge in [0.25, 0.3) is 11.8 Å². The molecular weight excluding hydrogens is 544 g/mol. The predicted molar refractivity (Wildman–Crippen MR) is 144 cm³/mol. The molecule has 182 valence electrons. The van der Waals surface area contributed by atoms with Gasteiger partial charge in [-0.1, -0.05) is 45.7 Å². The Morgan fingerprint density at radius 1 is 0.778 bits per heavy atom. The van der Waals surface area contributed by atoms with E-state index in [2.05, 4.69) is 26.6 Å². The first-order valence-corrected chi connectivity index (χ1v) is 12.2. The van der Waals surface area contributed by atoms with Crippen LogP contribution in [-0.2, 0) is 11.3 Å². The zero-order valence-corrected chi connectivity index (χ0v) is 21.4. The minimum Gasteiger partial charge on any atom is -0.484 e. The molecule has 8 heteroatoms. The molecular formula is C28H22BrClN2O4. The number of rotatable bonds is 9. The highest BCUT2D eigenvalue weighted by molar-refractivity contribution is 9.10. The van der Waals surface area contributed by atoms with Gasteiger partial charge in [0.2, 0.25) is 0 Å². The smallest absolute Gasteiger partial charge is 0.258 e. The normalized spacial score (nSPS) is 10.4. The second-order valence-electron chi connectivity index (χ2n) is 7.72. The molecule has 4 rings (SSSR count). The van der Waals surface area contributed by atoms with Crippen molar-refractivity contribution in [3.63, 3.8) is 0 Å². The van der Waals surface area contributed by atoms with Crippen LogP contribution >= 0.6 is 27.5 Å². The number of benzene rings is 4. The van der Waals surface area contributed by atoms with E-state index in [0.717, 1.165) is 15.8 Å². The maximum atomic E-state index is 12.6. The number of hydrogen-bond donors (Lipinski definition) is 2. The number of carbonyl (C=O) groups is 2. The van der Waals surface area contributed by atoms with Gasteiger partial charge in [-0.2, -0.15) is 0 Å². The number of nitrogens with one attached hydrogen (secondary N) is 2. The second-order valence-corrected chi connectivity index (χ2v) is 9.04. The van der Waals surface area contributed by atoms with Gasteiger partial charge in [-0.3, -0.25) is 9.59 Å². The molecule has 0 aliphatic heterocycles. The monoisotopic (exact) mass is 564 g/mol. The Morgan fingerprint density at radius 3 is 2.06 bits per heavy atom. The Labute approximate surface area is 222 Å². The van der Waals surface area contributed by atoms with Crippen LogP contribution in [0.25, 0.3) is 0 Å². The van der Waals surface area contributed by atoms with Gasteiger partial charge in [-0.25, -0.2) is 0 Å². The third-order valence-corrected chi connectivity index (χ3v) is 5.98. The van der Waals surface area contributed by atoms with Gasteiger partial charge in [-0.15, -0.1) is 0 Å². The van der Waals surface area contributed by atoms with E-state index in [4.69, 9.17) is 21.1 Å². The molecule has 0 bridgehead atoms. The standard InChI is InChI=1S/C28H22BrClN2O4/c29-21-7-13-24(14-8-21)36-25-15-9-22(10-16-25)32-28(34)19-5-11-23(12-6-19)35-18-27(33)31-17-20-3-1-2-4-26(20)30/h1-16H,17-18H2,(H,31,33)(H,32,34). The van der Waals surface area contributed by atoms with E-state index >= 15 is 0 Å². The van der Waals surface area contributed by atoms with Crippen molar-refractivity contribution in [3.05, 3.63) is 118 Å². The fourth-order valence-corrected chi connectivity index (χ4v) is 3.65. The molecule has 0 saturated heterocycles. The van der Waals surface area contributed by atoms with Crippen LogP contribution in [-0.4, -0.2) is 18.4 Å². The largest absolute Gasteiger partial charge is 0.484 e. The van der Waals surface area contributed by atoms with Crippen molar-refractivity contribution in [2.45, 2.75) is 6.54 Å². The molecule has 4 aromatic rings. The molecule has 6 nitrogen and oxygen atoms in total. The van der Waals surface area contributed by atoms with Crippen LogP contribution in [0.1, 0.15) is 15.9 Å². The van der Waals surface area contributed by atoms with Crippen molar-refractivity contribution >= 4 is 45.0 Å². The summed E-state index contributed by atoms with van der Waals surface area (Å²) in [5.41, 5.74) is 1.93. The molecule has 0 saturated carbocycles. The highest BCUT2D eigenvalue weighted by Crippen LogP contribution is 2.25. The second kappa shape index (κ2) is 12.2. The summed E-state index contributed by atoms with van der Waals surface area (Å²) in [5, 5.41) is 6.21. The molecule has 0 atom stereocenters. The van der Waals surface area contributed by atoms with Crippen LogP contribution in [0.15, 0.2) is 102 Å². The SMILES string of the molecule is O=C(COc1ccc(C(=O)Nc2ccc(Oc3ccc(Br)cc3)cc2)cc1)NCc1ccccc1Cl. The molecule has 0 heterocycles. The van der Waals surface area contributed by atoms with Gasteiger partial charge in [0.1, 0.15) is 17.2 Å². The fraction of sp³-hybridized carbons (Fsp3) is 0.0714. The summed E-state index contributed by atoms with van der Waals surface area (Å²) >= 11 is 9.48. The lowest BCUT2D eigenvalue weighted by molar-refractivity contribution is -0.123. The first-order valence-electron chi connectivity index (χ1n) is 11.0. The Balaban J connectivity index is 1.24. The average molecular weight is 566 g/mol. The van der Waals surface area contributed by atoms with Crippen LogP contribution in [0.5, 0.6) is 17.2 Å². The summed E-state index contributed by atoms with van der Waals surface area (Å²) in [6.07, 6.45) is 0. The lowest BCUT2D eigenvalue weighted by Gasteiger charge is -2.10. The van der Waals surface area contributed by atoms with Crippen LogP contribution in [0.2, 0.25) is 5.02 Å². The van der Waals surface area contributed by atoms with Crippen LogP contribution in [0, 0.1) is 0 Å². The van der Waals surface area contributed by atoms with Crippen molar-refractivity contribution in [2.75, 3.05) is 11.9 Å². The molecule has 4 aromatic carbocycles. The summed E-state index contributed by atoms with van der Waals surface area (Å²) in [5.74, 6) is 1.32. The number of ether oxygens (including phenoxy) is 2. The summed E-state index contributed by atoms with van der Waals surface area (Å²) in [4.78, 5) is 24.6. The number of halogens is 2. The molecule has 0 aliphatic carbocycles. The minimum absolute atomic E-state index is 0.148. The number of hydrogen-bond acceptors (Lipinski definition) is 4. The summed E-state index contributed by atoms with van der Waals surface area (Å²) in [6, 6.07) is 28.5. The Bertz CT molecular complexity index is 1330. The highest BCUT2D eigenvalue weighted by atomic mass is 79.9. The van der Waals surface area contributed by atoms with Gasteiger partial charge in [-0.05, 0) is 84.4 Å². The number of anilines is 1. The lowest BCUT2D eigenvalue weighted by atomic mass is 10.2. The van der Waals surface area contributed by atoms with Crippen molar-refractivity contribution in [2.24, 2.45) is 0 Å². The van der Waals surface area contributed by atoms with E-state index in [-0.39, 0.29) is 18.4 Å². The lowest BCUT2D eigenvalue weighted by Crippen LogP contribution is -2.28. The van der Waals surface area contributed by atoms with Crippen molar-refractivity contribution in [1.29, 1.82) is 0 Å².